The van der Waals surface area contributed by atoms with Crippen LogP contribution < -0.4 is 10.1 Å². The highest BCUT2D eigenvalue weighted by atomic mass is 35.5. The van der Waals surface area contributed by atoms with Gasteiger partial charge in [-0.3, -0.25) is 4.79 Å². The Kier molecular flexibility index (Phi) is 7.76. The summed E-state index contributed by atoms with van der Waals surface area (Å²) < 4.78 is 7.49. The van der Waals surface area contributed by atoms with Crippen molar-refractivity contribution in [1.29, 1.82) is 5.26 Å². The summed E-state index contributed by atoms with van der Waals surface area (Å²) in [7, 11) is 0. The van der Waals surface area contributed by atoms with Crippen molar-refractivity contribution in [3.05, 3.63) is 125 Å². The van der Waals surface area contributed by atoms with E-state index in [0.717, 1.165) is 22.3 Å². The summed E-state index contributed by atoms with van der Waals surface area (Å²) in [5.74, 6) is -1.11. The third-order valence-electron chi connectivity index (χ3n) is 6.33. The van der Waals surface area contributed by atoms with Crippen molar-refractivity contribution >= 4 is 29.1 Å². The monoisotopic (exact) mass is 550 g/mol. The third-order valence-corrected chi connectivity index (χ3v) is 6.58. The van der Waals surface area contributed by atoms with Crippen molar-refractivity contribution < 1.29 is 19.4 Å². The maximum absolute atomic E-state index is 12.9. The molecule has 1 amide bonds. The van der Waals surface area contributed by atoms with Crippen LogP contribution in [0.2, 0.25) is 5.02 Å². The summed E-state index contributed by atoms with van der Waals surface area (Å²) in [4.78, 5) is 29.3. The fourth-order valence-electron chi connectivity index (χ4n) is 4.15. The molecule has 1 atom stereocenters. The Hall–Kier alpha value is -5.13. The Morgan fingerprint density at radius 2 is 1.68 bits per heavy atom. The number of ether oxygens (including phenoxy) is 1. The molecule has 0 aliphatic rings. The molecule has 0 aliphatic heterocycles. The topological polar surface area (TPSA) is 117 Å². The summed E-state index contributed by atoms with van der Waals surface area (Å²) >= 11 is 5.98. The number of pyridine rings is 1. The van der Waals surface area contributed by atoms with Gasteiger partial charge in [-0.1, -0.05) is 48.0 Å². The van der Waals surface area contributed by atoms with E-state index >= 15 is 0 Å². The number of hydrogen-bond donors (Lipinski definition) is 2. The predicted octanol–water partition coefficient (Wildman–Crippen LogP) is 5.53. The van der Waals surface area contributed by atoms with E-state index in [1.165, 1.54) is 0 Å². The second-order valence-corrected chi connectivity index (χ2v) is 9.56. The van der Waals surface area contributed by atoms with Gasteiger partial charge in [-0.15, -0.1) is 0 Å². The predicted molar refractivity (Wildman–Crippen MR) is 150 cm³/mol. The van der Waals surface area contributed by atoms with Gasteiger partial charge in [0.1, 0.15) is 29.7 Å². The first-order valence-electron chi connectivity index (χ1n) is 12.4. The summed E-state index contributed by atoms with van der Waals surface area (Å²) in [6, 6.07) is 26.2. The van der Waals surface area contributed by atoms with E-state index in [-0.39, 0.29) is 12.1 Å². The number of fused-ring (bicyclic) bond motifs is 1. The number of carboxylic acid groups (broad SMARTS) is 1. The molecular formula is C31H23ClN4O4. The Balaban J connectivity index is 1.22. The van der Waals surface area contributed by atoms with Crippen molar-refractivity contribution in [2.75, 3.05) is 0 Å². The standard InChI is InChI=1S/C31H23ClN4O4/c32-25-9-7-23(8-10-25)24-13-14-36-18-28(34-29(36)16-24)30(37)35-27(31(38)39)15-20-5-11-26(12-6-20)40-19-22-3-1-21(17-33)2-4-22/h1-14,16,18,27H,15,19H2,(H,35,37)(H,38,39). The number of halogens is 1. The Morgan fingerprint density at radius 3 is 2.35 bits per heavy atom. The molecular weight excluding hydrogens is 528 g/mol. The summed E-state index contributed by atoms with van der Waals surface area (Å²) in [6.07, 6.45) is 3.45. The molecule has 0 spiro atoms. The van der Waals surface area contributed by atoms with Crippen LogP contribution in [0.3, 0.4) is 0 Å². The quantitative estimate of drug-likeness (QED) is 0.249. The summed E-state index contributed by atoms with van der Waals surface area (Å²) in [5.41, 5.74) is 4.77. The zero-order valence-electron chi connectivity index (χ0n) is 21.1. The summed E-state index contributed by atoms with van der Waals surface area (Å²) in [5, 5.41) is 21.9. The van der Waals surface area contributed by atoms with Gasteiger partial charge in [0.2, 0.25) is 0 Å². The number of amides is 1. The minimum absolute atomic E-state index is 0.0884. The molecule has 0 radical (unpaired) electrons. The van der Waals surface area contributed by atoms with E-state index in [1.807, 2.05) is 36.4 Å². The van der Waals surface area contributed by atoms with E-state index in [1.54, 1.807) is 65.3 Å². The SMILES string of the molecule is N#Cc1ccc(COc2ccc(CC(NC(=O)c3cn4ccc(-c5ccc(Cl)cc5)cc4n3)C(=O)O)cc2)cc1. The molecule has 0 aliphatic carbocycles. The number of aliphatic carboxylic acids is 1. The molecule has 0 saturated heterocycles. The lowest BCUT2D eigenvalue weighted by molar-refractivity contribution is -0.139. The molecule has 1 unspecified atom stereocenters. The van der Waals surface area contributed by atoms with Crippen molar-refractivity contribution in [2.24, 2.45) is 0 Å². The van der Waals surface area contributed by atoms with Gasteiger partial charge in [0.15, 0.2) is 0 Å². The Morgan fingerprint density at radius 1 is 0.975 bits per heavy atom. The van der Waals surface area contributed by atoms with E-state index in [2.05, 4.69) is 16.4 Å². The van der Waals surface area contributed by atoms with Crippen LogP contribution in [0, 0.1) is 11.3 Å². The van der Waals surface area contributed by atoms with Crippen molar-refractivity contribution in [3.8, 4) is 22.9 Å². The van der Waals surface area contributed by atoms with Crippen LogP contribution in [-0.2, 0) is 17.8 Å². The van der Waals surface area contributed by atoms with Gasteiger partial charge >= 0.3 is 5.97 Å². The highest BCUT2D eigenvalue weighted by Crippen LogP contribution is 2.23. The molecule has 5 rings (SSSR count). The van der Waals surface area contributed by atoms with Gasteiger partial charge < -0.3 is 19.6 Å². The van der Waals surface area contributed by atoms with Gasteiger partial charge in [-0.2, -0.15) is 5.26 Å². The number of carboxylic acids is 1. The molecule has 40 heavy (non-hydrogen) atoms. The molecule has 3 aromatic carbocycles. The Labute approximate surface area is 235 Å². The lowest BCUT2D eigenvalue weighted by Crippen LogP contribution is -2.42. The van der Waals surface area contributed by atoms with Crippen LogP contribution in [0.4, 0.5) is 0 Å². The molecule has 198 valence electrons. The number of hydrogen-bond acceptors (Lipinski definition) is 5. The number of rotatable bonds is 9. The van der Waals surface area contributed by atoms with Gasteiger partial charge in [0.25, 0.3) is 5.91 Å². The second kappa shape index (κ2) is 11.7. The molecule has 0 bridgehead atoms. The molecule has 8 nitrogen and oxygen atoms in total. The lowest BCUT2D eigenvalue weighted by Gasteiger charge is -2.14. The zero-order chi connectivity index (χ0) is 28.1. The van der Waals surface area contributed by atoms with Crippen LogP contribution in [0.1, 0.15) is 27.2 Å². The number of aromatic nitrogens is 2. The Bertz CT molecular complexity index is 1710. The first kappa shape index (κ1) is 26.5. The van der Waals surface area contributed by atoms with Crippen LogP contribution in [-0.4, -0.2) is 32.4 Å². The maximum Gasteiger partial charge on any atom is 0.326 e. The maximum atomic E-state index is 12.9. The molecule has 2 aromatic heterocycles. The van der Waals surface area contributed by atoms with Gasteiger partial charge in [0.05, 0.1) is 11.6 Å². The number of benzene rings is 3. The van der Waals surface area contributed by atoms with Crippen molar-refractivity contribution in [3.63, 3.8) is 0 Å². The molecule has 2 N–H and O–H groups in total. The van der Waals surface area contributed by atoms with E-state index in [4.69, 9.17) is 21.6 Å². The molecule has 0 saturated carbocycles. The molecule has 5 aromatic rings. The minimum Gasteiger partial charge on any atom is -0.489 e. The van der Waals surface area contributed by atoms with Crippen LogP contribution >= 0.6 is 11.6 Å². The molecule has 0 fully saturated rings. The number of carbonyl (C=O) groups excluding carboxylic acids is 1. The number of carbonyl (C=O) groups is 2. The smallest absolute Gasteiger partial charge is 0.326 e. The van der Waals surface area contributed by atoms with Gasteiger partial charge in [-0.25, -0.2) is 9.78 Å². The fourth-order valence-corrected chi connectivity index (χ4v) is 4.27. The van der Waals surface area contributed by atoms with E-state index in [0.29, 0.717) is 28.6 Å². The first-order valence-corrected chi connectivity index (χ1v) is 12.7. The van der Waals surface area contributed by atoms with Crippen LogP contribution in [0.25, 0.3) is 16.8 Å². The number of nitrogens with zero attached hydrogens (tertiary/aromatic N) is 3. The minimum atomic E-state index is -1.15. The van der Waals surface area contributed by atoms with Gasteiger partial charge in [-0.05, 0) is 70.8 Å². The zero-order valence-corrected chi connectivity index (χ0v) is 21.9. The van der Waals surface area contributed by atoms with E-state index in [9.17, 15) is 14.7 Å². The van der Waals surface area contributed by atoms with Crippen LogP contribution in [0.5, 0.6) is 5.75 Å². The molecule has 2 heterocycles. The molecule has 9 heteroatoms. The number of nitriles is 1. The highest BCUT2D eigenvalue weighted by Gasteiger charge is 2.23. The average molecular weight is 551 g/mol. The largest absolute Gasteiger partial charge is 0.489 e. The normalized spacial score (nSPS) is 11.5. The summed E-state index contributed by atoms with van der Waals surface area (Å²) in [6.45, 7) is 0.332. The van der Waals surface area contributed by atoms with Crippen LogP contribution in [0.15, 0.2) is 97.3 Å². The first-order chi connectivity index (χ1) is 19.4. The van der Waals surface area contributed by atoms with Crippen molar-refractivity contribution in [1.82, 2.24) is 14.7 Å². The third kappa shape index (κ3) is 6.29. The fraction of sp³-hybridized carbons (Fsp3) is 0.0968. The number of imidazole rings is 1. The lowest BCUT2D eigenvalue weighted by atomic mass is 10.1. The number of nitrogens with one attached hydrogen (secondary N) is 1. The van der Waals surface area contributed by atoms with E-state index < -0.39 is 17.9 Å². The highest BCUT2D eigenvalue weighted by molar-refractivity contribution is 6.30. The second-order valence-electron chi connectivity index (χ2n) is 9.12. The van der Waals surface area contributed by atoms with Crippen molar-refractivity contribution in [2.45, 2.75) is 19.1 Å². The van der Waals surface area contributed by atoms with Gasteiger partial charge in [0, 0.05) is 23.8 Å². The average Bonchev–Trinajstić information content (AvgIpc) is 3.41.